The second-order valence-electron chi connectivity index (χ2n) is 5.39. The first-order valence-electron chi connectivity index (χ1n) is 7.43. The van der Waals surface area contributed by atoms with Crippen molar-refractivity contribution in [2.24, 2.45) is 0 Å². The van der Waals surface area contributed by atoms with Crippen molar-refractivity contribution in [3.05, 3.63) is 29.4 Å². The molecule has 0 saturated carbocycles. The number of nitrogens with zero attached hydrogens (tertiary/aromatic N) is 5. The second-order valence-corrected chi connectivity index (χ2v) is 5.39. The van der Waals surface area contributed by atoms with E-state index in [2.05, 4.69) is 20.0 Å². The van der Waals surface area contributed by atoms with Crippen LogP contribution < -0.4 is 9.64 Å². The third-order valence-corrected chi connectivity index (χ3v) is 3.88. The van der Waals surface area contributed by atoms with Crippen molar-refractivity contribution in [2.75, 3.05) is 38.2 Å². The molecule has 1 fully saturated rings. The maximum absolute atomic E-state index is 12.4. The largest absolute Gasteiger partial charge is 0.481 e. The molecule has 0 bridgehead atoms. The molecule has 3 heterocycles. The molecule has 8 nitrogen and oxygen atoms in total. The van der Waals surface area contributed by atoms with Crippen LogP contribution in [0.15, 0.2) is 16.8 Å². The fraction of sp³-hybridized carbons (Fsp3) is 0.467. The van der Waals surface area contributed by atoms with Gasteiger partial charge in [0.1, 0.15) is 23.0 Å². The van der Waals surface area contributed by atoms with Gasteiger partial charge in [-0.25, -0.2) is 4.98 Å². The summed E-state index contributed by atoms with van der Waals surface area (Å²) in [6, 6.07) is 1.81. The van der Waals surface area contributed by atoms with Crippen molar-refractivity contribution in [3.8, 4) is 5.88 Å². The maximum Gasteiger partial charge on any atom is 0.259 e. The van der Waals surface area contributed by atoms with Gasteiger partial charge in [0.2, 0.25) is 5.88 Å². The lowest BCUT2D eigenvalue weighted by Gasteiger charge is -2.35. The van der Waals surface area contributed by atoms with E-state index in [1.165, 1.54) is 6.20 Å². The van der Waals surface area contributed by atoms with E-state index in [0.717, 1.165) is 5.82 Å². The van der Waals surface area contributed by atoms with Gasteiger partial charge >= 0.3 is 0 Å². The molecule has 0 aliphatic carbocycles. The number of rotatable bonds is 3. The zero-order valence-corrected chi connectivity index (χ0v) is 13.4. The monoisotopic (exact) mass is 317 g/mol. The van der Waals surface area contributed by atoms with Crippen molar-refractivity contribution >= 4 is 11.7 Å². The summed E-state index contributed by atoms with van der Waals surface area (Å²) in [5.74, 6) is 2.54. The molecule has 8 heteroatoms. The van der Waals surface area contributed by atoms with Gasteiger partial charge in [-0.15, -0.1) is 0 Å². The standard InChI is InChI=1S/C15H19N5O3/c1-10-12(9-16-23-10)15(21)20-6-4-19(5-7-20)13-8-14(22-3)18-11(2)17-13/h8-9H,4-7H2,1-3H3. The van der Waals surface area contributed by atoms with Gasteiger partial charge in [0.05, 0.1) is 13.3 Å². The molecule has 3 rings (SSSR count). The van der Waals surface area contributed by atoms with E-state index in [0.29, 0.717) is 49.2 Å². The van der Waals surface area contributed by atoms with E-state index >= 15 is 0 Å². The minimum absolute atomic E-state index is 0.0418. The fourth-order valence-electron chi connectivity index (χ4n) is 2.60. The number of hydrogen-bond acceptors (Lipinski definition) is 7. The Morgan fingerprint density at radius 1 is 1.22 bits per heavy atom. The maximum atomic E-state index is 12.4. The third kappa shape index (κ3) is 3.10. The number of hydrogen-bond donors (Lipinski definition) is 0. The summed E-state index contributed by atoms with van der Waals surface area (Å²) in [6.45, 7) is 6.22. The van der Waals surface area contributed by atoms with E-state index in [9.17, 15) is 4.79 Å². The van der Waals surface area contributed by atoms with Gasteiger partial charge in [-0.2, -0.15) is 4.98 Å². The molecule has 23 heavy (non-hydrogen) atoms. The first-order valence-corrected chi connectivity index (χ1v) is 7.43. The normalized spacial score (nSPS) is 14.9. The summed E-state index contributed by atoms with van der Waals surface area (Å²) >= 11 is 0. The number of carbonyl (C=O) groups is 1. The molecule has 0 unspecified atom stereocenters. The summed E-state index contributed by atoms with van der Waals surface area (Å²) in [7, 11) is 1.59. The highest BCUT2D eigenvalue weighted by atomic mass is 16.5. The molecule has 1 amide bonds. The predicted molar refractivity (Wildman–Crippen MR) is 82.7 cm³/mol. The lowest BCUT2D eigenvalue weighted by atomic mass is 10.2. The van der Waals surface area contributed by atoms with Gasteiger partial charge in [0.15, 0.2) is 0 Å². The van der Waals surface area contributed by atoms with Gasteiger partial charge in [-0.05, 0) is 13.8 Å². The molecule has 0 aromatic carbocycles. The van der Waals surface area contributed by atoms with E-state index in [-0.39, 0.29) is 5.91 Å². The number of aromatic nitrogens is 3. The van der Waals surface area contributed by atoms with Crippen LogP contribution in [0.4, 0.5) is 5.82 Å². The number of amides is 1. The number of methoxy groups -OCH3 is 1. The first kappa shape index (κ1) is 15.3. The molecule has 2 aromatic rings. The number of ether oxygens (including phenoxy) is 1. The summed E-state index contributed by atoms with van der Waals surface area (Å²) in [4.78, 5) is 25.0. The van der Waals surface area contributed by atoms with Gasteiger partial charge < -0.3 is 19.1 Å². The molecule has 0 atom stereocenters. The number of piperazine rings is 1. The average molecular weight is 317 g/mol. The topological polar surface area (TPSA) is 84.6 Å². The molecule has 0 N–H and O–H groups in total. The van der Waals surface area contributed by atoms with E-state index in [1.54, 1.807) is 18.9 Å². The molecule has 1 aliphatic rings. The highest BCUT2D eigenvalue weighted by molar-refractivity contribution is 5.94. The lowest BCUT2D eigenvalue weighted by Crippen LogP contribution is -2.49. The van der Waals surface area contributed by atoms with E-state index in [4.69, 9.17) is 9.26 Å². The quantitative estimate of drug-likeness (QED) is 0.836. The van der Waals surface area contributed by atoms with Crippen molar-refractivity contribution in [3.63, 3.8) is 0 Å². The van der Waals surface area contributed by atoms with Crippen molar-refractivity contribution < 1.29 is 14.1 Å². The van der Waals surface area contributed by atoms with Crippen LogP contribution in [0.5, 0.6) is 5.88 Å². The Labute approximate surface area is 134 Å². The molecule has 1 aliphatic heterocycles. The van der Waals surface area contributed by atoms with Gasteiger partial charge in [0.25, 0.3) is 5.91 Å². The Balaban J connectivity index is 1.68. The Morgan fingerprint density at radius 3 is 2.57 bits per heavy atom. The second kappa shape index (κ2) is 6.23. The third-order valence-electron chi connectivity index (χ3n) is 3.88. The summed E-state index contributed by atoms with van der Waals surface area (Å²) in [5.41, 5.74) is 0.526. The van der Waals surface area contributed by atoms with Gasteiger partial charge in [-0.3, -0.25) is 4.79 Å². The van der Waals surface area contributed by atoms with Crippen molar-refractivity contribution in [1.29, 1.82) is 0 Å². The molecule has 1 saturated heterocycles. The summed E-state index contributed by atoms with van der Waals surface area (Å²) < 4.78 is 10.2. The molecule has 122 valence electrons. The molecular formula is C15H19N5O3. The van der Waals surface area contributed by atoms with Gasteiger partial charge in [-0.1, -0.05) is 5.16 Å². The molecular weight excluding hydrogens is 298 g/mol. The van der Waals surface area contributed by atoms with E-state index < -0.39 is 0 Å². The SMILES string of the molecule is COc1cc(N2CCN(C(=O)c3cnoc3C)CC2)nc(C)n1. The predicted octanol–water partition coefficient (Wildman–Crippen LogP) is 1.05. The molecule has 0 spiro atoms. The van der Waals surface area contributed by atoms with Crippen molar-refractivity contribution in [2.45, 2.75) is 13.8 Å². The summed E-state index contributed by atoms with van der Waals surface area (Å²) in [6.07, 6.45) is 1.47. The first-order chi connectivity index (χ1) is 11.1. The van der Waals surface area contributed by atoms with Crippen LogP contribution >= 0.6 is 0 Å². The van der Waals surface area contributed by atoms with Crippen LogP contribution in [-0.4, -0.2) is 59.2 Å². The average Bonchev–Trinajstić information content (AvgIpc) is 2.99. The Kier molecular flexibility index (Phi) is 4.14. The minimum Gasteiger partial charge on any atom is -0.481 e. The van der Waals surface area contributed by atoms with Crippen LogP contribution in [0.2, 0.25) is 0 Å². The van der Waals surface area contributed by atoms with Crippen LogP contribution in [0.1, 0.15) is 21.9 Å². The fourth-order valence-corrected chi connectivity index (χ4v) is 2.60. The van der Waals surface area contributed by atoms with Crippen LogP contribution in [-0.2, 0) is 0 Å². The van der Waals surface area contributed by atoms with E-state index in [1.807, 2.05) is 13.0 Å². The Bertz CT molecular complexity index is 707. The smallest absolute Gasteiger partial charge is 0.259 e. The molecule has 2 aromatic heterocycles. The zero-order valence-electron chi connectivity index (χ0n) is 13.4. The van der Waals surface area contributed by atoms with Gasteiger partial charge in [0, 0.05) is 32.2 Å². The van der Waals surface area contributed by atoms with Crippen LogP contribution in [0, 0.1) is 13.8 Å². The Morgan fingerprint density at radius 2 is 1.96 bits per heavy atom. The van der Waals surface area contributed by atoms with Crippen molar-refractivity contribution in [1.82, 2.24) is 20.0 Å². The Hall–Kier alpha value is -2.64. The summed E-state index contributed by atoms with van der Waals surface area (Å²) in [5, 5.41) is 3.67. The number of aryl methyl sites for hydroxylation is 2. The molecule has 0 radical (unpaired) electrons. The number of carbonyl (C=O) groups excluding carboxylic acids is 1. The highest BCUT2D eigenvalue weighted by Crippen LogP contribution is 2.20. The minimum atomic E-state index is -0.0418. The highest BCUT2D eigenvalue weighted by Gasteiger charge is 2.25. The number of anilines is 1. The zero-order chi connectivity index (χ0) is 16.4. The van der Waals surface area contributed by atoms with Crippen LogP contribution in [0.25, 0.3) is 0 Å². The van der Waals surface area contributed by atoms with Crippen LogP contribution in [0.3, 0.4) is 0 Å². The lowest BCUT2D eigenvalue weighted by molar-refractivity contribution is 0.0744.